The highest BCUT2D eigenvalue weighted by Gasteiger charge is 2.11. The minimum Gasteiger partial charge on any atom is -0.382 e. The molecule has 2 aromatic rings. The van der Waals surface area contributed by atoms with Gasteiger partial charge in [0.25, 0.3) is 11.5 Å². The predicted molar refractivity (Wildman–Crippen MR) is 114 cm³/mol. The molecule has 28 heavy (non-hydrogen) atoms. The maximum atomic E-state index is 12.8. The molecule has 2 rings (SSSR count). The molecule has 7 nitrogen and oxygen atoms in total. The Kier molecular flexibility index (Phi) is 8.82. The average Bonchev–Trinajstić information content (AvgIpc) is 2.70. The van der Waals surface area contributed by atoms with E-state index < -0.39 is 0 Å². The van der Waals surface area contributed by atoms with Gasteiger partial charge in [-0.15, -0.1) is 0 Å². The van der Waals surface area contributed by atoms with Gasteiger partial charge in [0.2, 0.25) is 0 Å². The van der Waals surface area contributed by atoms with Crippen LogP contribution in [0.5, 0.6) is 0 Å². The van der Waals surface area contributed by atoms with Crippen molar-refractivity contribution in [3.05, 3.63) is 38.9 Å². The van der Waals surface area contributed by atoms with Gasteiger partial charge in [0, 0.05) is 25.3 Å². The quantitative estimate of drug-likeness (QED) is 0.385. The van der Waals surface area contributed by atoms with Crippen LogP contribution >= 0.6 is 12.2 Å². The van der Waals surface area contributed by atoms with Crippen molar-refractivity contribution in [2.75, 3.05) is 39.4 Å². The number of carbonyl (C=O) groups is 1. The zero-order chi connectivity index (χ0) is 20.5. The van der Waals surface area contributed by atoms with Gasteiger partial charge in [-0.25, -0.2) is 0 Å². The largest absolute Gasteiger partial charge is 0.382 e. The molecule has 1 aromatic heterocycles. The van der Waals surface area contributed by atoms with E-state index in [4.69, 9.17) is 17.0 Å². The Morgan fingerprint density at radius 2 is 2.04 bits per heavy atom. The van der Waals surface area contributed by atoms with Crippen molar-refractivity contribution in [2.24, 2.45) is 0 Å². The lowest BCUT2D eigenvalue weighted by atomic mass is 10.1. The number of amides is 1. The number of hydrogen-bond acceptors (Lipinski definition) is 4. The number of H-pyrrole nitrogens is 1. The molecule has 0 saturated heterocycles. The molecule has 1 heterocycles. The zero-order valence-electron chi connectivity index (χ0n) is 17.0. The summed E-state index contributed by atoms with van der Waals surface area (Å²) in [5.74, 6) is -0.174. The van der Waals surface area contributed by atoms with Crippen molar-refractivity contribution in [2.45, 2.75) is 33.7 Å². The van der Waals surface area contributed by atoms with Crippen LogP contribution in [0.4, 0.5) is 0 Å². The Balaban J connectivity index is 2.16. The highest BCUT2D eigenvalue weighted by Crippen LogP contribution is 2.11. The molecule has 0 radical (unpaired) electrons. The number of benzene rings is 1. The van der Waals surface area contributed by atoms with E-state index in [0.29, 0.717) is 47.5 Å². The molecule has 1 amide bonds. The minimum atomic E-state index is -0.174. The molecule has 8 heteroatoms. The molecule has 0 aliphatic rings. The summed E-state index contributed by atoms with van der Waals surface area (Å²) in [6, 6.07) is 5.06. The second-order valence-electron chi connectivity index (χ2n) is 6.66. The summed E-state index contributed by atoms with van der Waals surface area (Å²) in [6.07, 6.45) is 0.759. The molecule has 0 atom stereocenters. The van der Waals surface area contributed by atoms with Gasteiger partial charge in [0.1, 0.15) is 0 Å². The molecule has 0 aliphatic heterocycles. The Morgan fingerprint density at radius 1 is 1.29 bits per heavy atom. The number of carbonyl (C=O) groups excluding carboxylic acids is 1. The average molecular weight is 408 g/mol. The number of ether oxygens (including phenoxy) is 1. The lowest BCUT2D eigenvalue weighted by molar-refractivity contribution is -0.897. The monoisotopic (exact) mass is 407 g/mol. The van der Waals surface area contributed by atoms with Crippen molar-refractivity contribution in [3.8, 4) is 0 Å². The Bertz CT molecular complexity index is 902. The number of hydrogen-bond donors (Lipinski definition) is 3. The lowest BCUT2D eigenvalue weighted by Gasteiger charge is -2.16. The van der Waals surface area contributed by atoms with E-state index in [1.54, 1.807) is 22.8 Å². The molecule has 0 spiro atoms. The summed E-state index contributed by atoms with van der Waals surface area (Å²) < 4.78 is 7.25. The minimum absolute atomic E-state index is 0.117. The molecular weight excluding hydrogens is 376 g/mol. The molecular formula is C20H31N4O3S+. The van der Waals surface area contributed by atoms with Gasteiger partial charge >= 0.3 is 0 Å². The van der Waals surface area contributed by atoms with Gasteiger partial charge in [-0.1, -0.05) is 0 Å². The Hall–Kier alpha value is -2.03. The molecule has 0 fully saturated rings. The fourth-order valence-corrected chi connectivity index (χ4v) is 3.38. The second-order valence-corrected chi connectivity index (χ2v) is 7.05. The van der Waals surface area contributed by atoms with Gasteiger partial charge in [-0.05, 0) is 57.6 Å². The molecule has 0 bridgehead atoms. The first-order valence-corrected chi connectivity index (χ1v) is 10.4. The van der Waals surface area contributed by atoms with Gasteiger partial charge in [-0.2, -0.15) is 0 Å². The van der Waals surface area contributed by atoms with Crippen LogP contribution in [0, 0.1) is 4.77 Å². The standard InChI is InChI=1S/C20H30N4O3S/c1-4-23(5-2)11-12-24-19(26)16-9-8-15(14-17(16)22-20(24)28)18(25)21-10-7-13-27-6-3/h8-9,14H,4-7,10-13H2,1-3H3,(H,21,25)(H,22,28)/p+1. The SMILES string of the molecule is CCOCCCNC(=O)c1ccc2c(=O)n(CC[NH+](CC)CC)c(=S)[nH]c2c1. The van der Waals surface area contributed by atoms with Crippen LogP contribution in [0.1, 0.15) is 37.6 Å². The summed E-state index contributed by atoms with van der Waals surface area (Å²) in [6.45, 7) is 11.5. The van der Waals surface area contributed by atoms with Crippen molar-refractivity contribution in [1.82, 2.24) is 14.9 Å². The predicted octanol–water partition coefficient (Wildman–Crippen LogP) is 1.14. The summed E-state index contributed by atoms with van der Waals surface area (Å²) in [5, 5.41) is 3.40. The van der Waals surface area contributed by atoms with E-state index >= 15 is 0 Å². The number of aromatic nitrogens is 2. The normalized spacial score (nSPS) is 11.3. The van der Waals surface area contributed by atoms with E-state index in [1.165, 1.54) is 4.90 Å². The molecule has 0 unspecified atom stereocenters. The number of aromatic amines is 1. The first-order chi connectivity index (χ1) is 13.5. The third kappa shape index (κ3) is 5.73. The van der Waals surface area contributed by atoms with Crippen molar-refractivity contribution in [3.63, 3.8) is 0 Å². The van der Waals surface area contributed by atoms with Crippen LogP contribution in [0.15, 0.2) is 23.0 Å². The van der Waals surface area contributed by atoms with Gasteiger partial charge in [-0.3, -0.25) is 14.2 Å². The van der Waals surface area contributed by atoms with E-state index in [1.807, 2.05) is 6.92 Å². The van der Waals surface area contributed by atoms with Crippen LogP contribution in [0.25, 0.3) is 10.9 Å². The maximum absolute atomic E-state index is 12.8. The molecule has 3 N–H and O–H groups in total. The number of likely N-dealkylation sites (N-methyl/N-ethyl adjacent to an activating group) is 1. The first kappa shape index (κ1) is 22.3. The van der Waals surface area contributed by atoms with Gasteiger partial charge in [0.15, 0.2) is 4.77 Å². The van der Waals surface area contributed by atoms with Crippen molar-refractivity contribution >= 4 is 29.0 Å². The number of rotatable bonds is 11. The van der Waals surface area contributed by atoms with E-state index in [0.717, 1.165) is 26.1 Å². The molecule has 154 valence electrons. The van der Waals surface area contributed by atoms with Crippen molar-refractivity contribution < 1.29 is 14.4 Å². The van der Waals surface area contributed by atoms with E-state index in [9.17, 15) is 9.59 Å². The molecule has 1 aromatic carbocycles. The van der Waals surface area contributed by atoms with E-state index in [-0.39, 0.29) is 11.5 Å². The number of quaternary nitrogens is 1. The van der Waals surface area contributed by atoms with Crippen LogP contribution in [0.3, 0.4) is 0 Å². The third-order valence-corrected chi connectivity index (χ3v) is 5.21. The van der Waals surface area contributed by atoms with Crippen LogP contribution < -0.4 is 15.8 Å². The van der Waals surface area contributed by atoms with Crippen LogP contribution in [-0.4, -0.2) is 54.9 Å². The fourth-order valence-electron chi connectivity index (χ4n) is 3.09. The zero-order valence-corrected chi connectivity index (χ0v) is 17.8. The van der Waals surface area contributed by atoms with E-state index in [2.05, 4.69) is 24.1 Å². The van der Waals surface area contributed by atoms with Crippen molar-refractivity contribution in [1.29, 1.82) is 0 Å². The maximum Gasteiger partial charge on any atom is 0.262 e. The number of nitrogens with zero attached hydrogens (tertiary/aromatic N) is 1. The third-order valence-electron chi connectivity index (χ3n) is 4.89. The Morgan fingerprint density at radius 3 is 2.71 bits per heavy atom. The number of fused-ring (bicyclic) bond motifs is 1. The summed E-state index contributed by atoms with van der Waals surface area (Å²) in [4.78, 5) is 29.7. The molecule has 0 aliphatic carbocycles. The Labute approximate surface area is 170 Å². The highest BCUT2D eigenvalue weighted by atomic mass is 32.1. The highest BCUT2D eigenvalue weighted by molar-refractivity contribution is 7.71. The second kappa shape index (κ2) is 11.1. The summed E-state index contributed by atoms with van der Waals surface area (Å²) in [5.41, 5.74) is 0.969. The fraction of sp³-hybridized carbons (Fsp3) is 0.550. The number of nitrogens with one attached hydrogen (secondary N) is 3. The summed E-state index contributed by atoms with van der Waals surface area (Å²) in [7, 11) is 0. The van der Waals surface area contributed by atoms with Crippen LogP contribution in [0.2, 0.25) is 0 Å². The topological polar surface area (TPSA) is 80.6 Å². The first-order valence-electron chi connectivity index (χ1n) is 9.98. The summed E-state index contributed by atoms with van der Waals surface area (Å²) >= 11 is 5.39. The van der Waals surface area contributed by atoms with Gasteiger partial charge < -0.3 is 19.9 Å². The molecule has 0 saturated carbocycles. The lowest BCUT2D eigenvalue weighted by Crippen LogP contribution is -3.11. The van der Waals surface area contributed by atoms with Gasteiger partial charge in [0.05, 0.1) is 37.1 Å². The van der Waals surface area contributed by atoms with Crippen LogP contribution in [-0.2, 0) is 11.3 Å². The smallest absolute Gasteiger partial charge is 0.262 e.